The third-order valence-corrected chi connectivity index (χ3v) is 2.76. The van der Waals surface area contributed by atoms with E-state index < -0.39 is 0 Å². The summed E-state index contributed by atoms with van der Waals surface area (Å²) < 4.78 is 11.1. The number of para-hydroxylation sites is 1. The molecule has 3 nitrogen and oxygen atoms in total. The van der Waals surface area contributed by atoms with E-state index in [1.165, 1.54) is 6.42 Å². The maximum atomic E-state index is 5.57. The second-order valence-electron chi connectivity index (χ2n) is 4.10. The Balaban J connectivity index is 1.52. The van der Waals surface area contributed by atoms with Crippen LogP contribution in [0.1, 0.15) is 6.42 Å². The minimum atomic E-state index is 0.629. The minimum absolute atomic E-state index is 0.629. The predicted molar refractivity (Wildman–Crippen MR) is 63.7 cm³/mol. The van der Waals surface area contributed by atoms with Gasteiger partial charge in [0, 0.05) is 6.54 Å². The van der Waals surface area contributed by atoms with E-state index in [0.29, 0.717) is 19.1 Å². The average Bonchev–Trinajstić information content (AvgIpc) is 2.83. The highest BCUT2D eigenvalue weighted by Crippen LogP contribution is 2.09. The fraction of sp³-hybridized carbons (Fsp3) is 0.538. The van der Waals surface area contributed by atoms with E-state index in [1.807, 2.05) is 30.3 Å². The largest absolute Gasteiger partial charge is 0.491 e. The minimum Gasteiger partial charge on any atom is -0.491 e. The van der Waals surface area contributed by atoms with Gasteiger partial charge in [-0.15, -0.1) is 0 Å². The number of hydrogen-bond acceptors (Lipinski definition) is 3. The molecule has 0 amide bonds. The van der Waals surface area contributed by atoms with Gasteiger partial charge >= 0.3 is 0 Å². The van der Waals surface area contributed by atoms with Crippen molar-refractivity contribution in [1.82, 2.24) is 5.32 Å². The van der Waals surface area contributed by atoms with Crippen LogP contribution in [0.4, 0.5) is 0 Å². The van der Waals surface area contributed by atoms with Crippen LogP contribution >= 0.6 is 0 Å². The van der Waals surface area contributed by atoms with Crippen molar-refractivity contribution in [2.75, 3.05) is 32.9 Å². The van der Waals surface area contributed by atoms with Gasteiger partial charge in [-0.25, -0.2) is 0 Å². The molecule has 1 aliphatic heterocycles. The molecule has 1 fully saturated rings. The molecule has 1 saturated heterocycles. The van der Waals surface area contributed by atoms with Crippen molar-refractivity contribution in [3.05, 3.63) is 30.3 Å². The molecule has 2 rings (SSSR count). The standard InChI is InChI=1S/C13H19NO2/c1-2-4-13(5-3-1)16-9-8-15-11-12-6-7-14-10-12/h1-5,12,14H,6-11H2. The molecule has 0 saturated carbocycles. The predicted octanol–water partition coefficient (Wildman–Crippen LogP) is 1.69. The normalized spacial score (nSPS) is 19.9. The lowest BCUT2D eigenvalue weighted by molar-refractivity contribution is 0.0783. The van der Waals surface area contributed by atoms with E-state index in [2.05, 4.69) is 5.32 Å². The number of benzene rings is 1. The van der Waals surface area contributed by atoms with E-state index in [4.69, 9.17) is 9.47 Å². The Bertz CT molecular complexity index is 283. The van der Waals surface area contributed by atoms with E-state index in [9.17, 15) is 0 Å². The maximum absolute atomic E-state index is 5.57. The van der Waals surface area contributed by atoms with Crippen molar-refractivity contribution < 1.29 is 9.47 Å². The van der Waals surface area contributed by atoms with Gasteiger partial charge in [0.2, 0.25) is 0 Å². The molecular formula is C13H19NO2. The summed E-state index contributed by atoms with van der Waals surface area (Å²) >= 11 is 0. The Labute approximate surface area is 96.8 Å². The van der Waals surface area contributed by atoms with Crippen LogP contribution in [-0.4, -0.2) is 32.9 Å². The first kappa shape index (κ1) is 11.4. The van der Waals surface area contributed by atoms with E-state index in [-0.39, 0.29) is 0 Å². The van der Waals surface area contributed by atoms with Crippen molar-refractivity contribution in [3.63, 3.8) is 0 Å². The quantitative estimate of drug-likeness (QED) is 0.742. The molecule has 0 aromatic heterocycles. The van der Waals surface area contributed by atoms with Crippen LogP contribution in [0.25, 0.3) is 0 Å². The SMILES string of the molecule is c1ccc(OCCOCC2CCNC2)cc1. The molecule has 88 valence electrons. The number of hydrogen-bond donors (Lipinski definition) is 1. The van der Waals surface area contributed by atoms with E-state index in [1.54, 1.807) is 0 Å². The van der Waals surface area contributed by atoms with Crippen LogP contribution in [0.15, 0.2) is 30.3 Å². The summed E-state index contributed by atoms with van der Waals surface area (Å²) in [6.45, 7) is 4.38. The molecule has 1 aromatic carbocycles. The Kier molecular flexibility index (Phi) is 4.65. The summed E-state index contributed by atoms with van der Waals surface area (Å²) in [4.78, 5) is 0. The monoisotopic (exact) mass is 221 g/mol. The van der Waals surface area contributed by atoms with Crippen molar-refractivity contribution in [2.45, 2.75) is 6.42 Å². The molecule has 0 radical (unpaired) electrons. The summed E-state index contributed by atoms with van der Waals surface area (Å²) in [6, 6.07) is 9.85. The lowest BCUT2D eigenvalue weighted by Gasteiger charge is -2.10. The van der Waals surface area contributed by atoms with Gasteiger partial charge in [-0.1, -0.05) is 18.2 Å². The van der Waals surface area contributed by atoms with Crippen molar-refractivity contribution in [3.8, 4) is 5.75 Å². The van der Waals surface area contributed by atoms with Crippen LogP contribution in [0.5, 0.6) is 5.75 Å². The molecule has 0 spiro atoms. The van der Waals surface area contributed by atoms with Crippen LogP contribution in [0.2, 0.25) is 0 Å². The number of ether oxygens (including phenoxy) is 2. The average molecular weight is 221 g/mol. The van der Waals surface area contributed by atoms with Gasteiger partial charge in [-0.05, 0) is 31.0 Å². The highest BCUT2D eigenvalue weighted by molar-refractivity contribution is 5.20. The van der Waals surface area contributed by atoms with Crippen molar-refractivity contribution in [1.29, 1.82) is 0 Å². The second-order valence-corrected chi connectivity index (χ2v) is 4.10. The highest BCUT2D eigenvalue weighted by atomic mass is 16.5. The van der Waals surface area contributed by atoms with Gasteiger partial charge in [0.25, 0.3) is 0 Å². The summed E-state index contributed by atoms with van der Waals surface area (Å²) in [5, 5.41) is 3.33. The second kappa shape index (κ2) is 6.51. The van der Waals surface area contributed by atoms with Crippen molar-refractivity contribution in [2.24, 2.45) is 5.92 Å². The van der Waals surface area contributed by atoms with Gasteiger partial charge in [0.15, 0.2) is 0 Å². The highest BCUT2D eigenvalue weighted by Gasteiger charge is 2.13. The van der Waals surface area contributed by atoms with Crippen molar-refractivity contribution >= 4 is 0 Å². The smallest absolute Gasteiger partial charge is 0.119 e. The zero-order valence-corrected chi connectivity index (χ0v) is 9.52. The Hall–Kier alpha value is -1.06. The molecule has 1 unspecified atom stereocenters. The van der Waals surface area contributed by atoms with Gasteiger partial charge < -0.3 is 14.8 Å². The van der Waals surface area contributed by atoms with E-state index >= 15 is 0 Å². The molecule has 0 bridgehead atoms. The van der Waals surface area contributed by atoms with Gasteiger partial charge in [-0.2, -0.15) is 0 Å². The Morgan fingerprint density at radius 1 is 1.19 bits per heavy atom. The van der Waals surface area contributed by atoms with Crippen LogP contribution in [0.3, 0.4) is 0 Å². The molecule has 1 aromatic rings. The molecule has 16 heavy (non-hydrogen) atoms. The molecule has 1 heterocycles. The first-order chi connectivity index (χ1) is 7.95. The number of rotatable bonds is 6. The first-order valence-electron chi connectivity index (χ1n) is 5.91. The molecule has 0 aliphatic carbocycles. The third-order valence-electron chi connectivity index (χ3n) is 2.76. The zero-order valence-electron chi connectivity index (χ0n) is 9.52. The fourth-order valence-corrected chi connectivity index (χ4v) is 1.84. The zero-order chi connectivity index (χ0) is 11.1. The third kappa shape index (κ3) is 3.83. The molecule has 1 atom stereocenters. The maximum Gasteiger partial charge on any atom is 0.119 e. The van der Waals surface area contributed by atoms with Gasteiger partial charge in [-0.3, -0.25) is 0 Å². The Morgan fingerprint density at radius 2 is 2.06 bits per heavy atom. The lowest BCUT2D eigenvalue weighted by Crippen LogP contribution is -2.16. The Morgan fingerprint density at radius 3 is 2.81 bits per heavy atom. The fourth-order valence-electron chi connectivity index (χ4n) is 1.84. The summed E-state index contributed by atoms with van der Waals surface area (Å²) in [7, 11) is 0. The van der Waals surface area contributed by atoms with Crippen LogP contribution in [-0.2, 0) is 4.74 Å². The summed E-state index contributed by atoms with van der Waals surface area (Å²) in [6.07, 6.45) is 1.24. The molecule has 3 heteroatoms. The van der Waals surface area contributed by atoms with Crippen LogP contribution in [0, 0.1) is 5.92 Å². The number of nitrogens with one attached hydrogen (secondary N) is 1. The molecule has 1 aliphatic rings. The first-order valence-corrected chi connectivity index (χ1v) is 5.91. The summed E-state index contributed by atoms with van der Waals surface area (Å²) in [5.41, 5.74) is 0. The van der Waals surface area contributed by atoms with Gasteiger partial charge in [0.05, 0.1) is 13.2 Å². The topological polar surface area (TPSA) is 30.5 Å². The molecule has 1 N–H and O–H groups in total. The van der Waals surface area contributed by atoms with E-state index in [0.717, 1.165) is 25.4 Å². The van der Waals surface area contributed by atoms with Gasteiger partial charge in [0.1, 0.15) is 12.4 Å². The molecular weight excluding hydrogens is 202 g/mol. The summed E-state index contributed by atoms with van der Waals surface area (Å²) in [5.74, 6) is 1.60. The lowest BCUT2D eigenvalue weighted by atomic mass is 10.1. The van der Waals surface area contributed by atoms with Crippen LogP contribution < -0.4 is 10.1 Å².